The molecule has 2 heterocycles. The Morgan fingerprint density at radius 3 is 2.33 bits per heavy atom. The average Bonchev–Trinajstić information content (AvgIpc) is 2.95. The molecular weight excluding hydrogens is 541 g/mol. The summed E-state index contributed by atoms with van der Waals surface area (Å²) in [6, 6.07) is 12.7. The molecule has 1 aromatic heterocycles. The molecule has 1 fully saturated rings. The molecule has 2 aromatic rings. The van der Waals surface area contributed by atoms with Crippen LogP contribution in [0.2, 0.25) is 0 Å². The van der Waals surface area contributed by atoms with E-state index in [1.54, 1.807) is 17.0 Å². The molecular formula is C35H46FN5O2. The maximum Gasteiger partial charge on any atom is 0.410 e. The Labute approximate surface area is 257 Å². The fraction of sp³-hybridized carbons (Fsp3) is 0.429. The zero-order chi connectivity index (χ0) is 32.2. The smallest absolute Gasteiger partial charge is 0.410 e. The number of nitriles is 1. The van der Waals surface area contributed by atoms with Gasteiger partial charge in [0.15, 0.2) is 0 Å². The highest BCUT2D eigenvalue weighted by molar-refractivity contribution is 6.12. The molecule has 0 saturated carbocycles. The van der Waals surface area contributed by atoms with Gasteiger partial charge in [0.25, 0.3) is 0 Å². The molecule has 0 atom stereocenters. The van der Waals surface area contributed by atoms with Crippen molar-refractivity contribution in [2.45, 2.75) is 73.8 Å². The molecule has 3 rings (SSSR count). The minimum absolute atomic E-state index is 0.276. The quantitative estimate of drug-likeness (QED) is 0.243. The van der Waals surface area contributed by atoms with Crippen molar-refractivity contribution in [1.82, 2.24) is 14.8 Å². The fourth-order valence-corrected chi connectivity index (χ4v) is 4.91. The van der Waals surface area contributed by atoms with Gasteiger partial charge in [-0.15, -0.1) is 0 Å². The van der Waals surface area contributed by atoms with Gasteiger partial charge in [-0.05, 0) is 84.2 Å². The molecule has 0 N–H and O–H groups in total. The number of rotatable bonds is 7. The number of carbonyl (C=O) groups excluding carboxylic acids is 1. The van der Waals surface area contributed by atoms with Crippen molar-refractivity contribution in [1.29, 1.82) is 5.26 Å². The minimum Gasteiger partial charge on any atom is -0.444 e. The maximum absolute atomic E-state index is 14.6. The highest BCUT2D eigenvalue weighted by Crippen LogP contribution is 2.31. The molecule has 0 radical (unpaired) electrons. The first-order valence-corrected chi connectivity index (χ1v) is 14.7. The van der Waals surface area contributed by atoms with Crippen molar-refractivity contribution in [2.24, 2.45) is 4.99 Å². The summed E-state index contributed by atoms with van der Waals surface area (Å²) in [5.74, 6) is -0.276. The SMILES string of the molecule is C=CN=C(C)C(/C(=C\C)c1ccccc1F)=C(\C)N1CCN(C(=O)OC(C)(C)C)CC1.CCCc1cc(C)nc(C#N)c1. The Morgan fingerprint density at radius 1 is 1.16 bits per heavy atom. The Kier molecular flexibility index (Phi) is 13.3. The number of hydrogen-bond donors (Lipinski definition) is 0. The van der Waals surface area contributed by atoms with Gasteiger partial charge in [-0.2, -0.15) is 5.26 Å². The van der Waals surface area contributed by atoms with E-state index in [2.05, 4.69) is 34.4 Å². The second-order valence-corrected chi connectivity index (χ2v) is 11.4. The lowest BCUT2D eigenvalue weighted by molar-refractivity contribution is 0.0168. The zero-order valence-electron chi connectivity index (χ0n) is 27.0. The topological polar surface area (TPSA) is 81.8 Å². The van der Waals surface area contributed by atoms with Crippen LogP contribution in [0.15, 0.2) is 71.5 Å². The van der Waals surface area contributed by atoms with Crippen molar-refractivity contribution in [3.63, 3.8) is 0 Å². The molecule has 0 bridgehead atoms. The third-order valence-electron chi connectivity index (χ3n) is 6.80. The second kappa shape index (κ2) is 16.4. The molecule has 7 nitrogen and oxygen atoms in total. The predicted molar refractivity (Wildman–Crippen MR) is 173 cm³/mol. The molecule has 0 aliphatic carbocycles. The van der Waals surface area contributed by atoms with E-state index in [0.717, 1.165) is 41.1 Å². The van der Waals surface area contributed by atoms with Gasteiger partial charge >= 0.3 is 6.09 Å². The fourth-order valence-electron chi connectivity index (χ4n) is 4.91. The van der Waals surface area contributed by atoms with E-state index >= 15 is 0 Å². The molecule has 43 heavy (non-hydrogen) atoms. The largest absolute Gasteiger partial charge is 0.444 e. The van der Waals surface area contributed by atoms with Gasteiger partial charge in [-0.25, -0.2) is 14.2 Å². The van der Waals surface area contributed by atoms with Crippen molar-refractivity contribution in [3.8, 4) is 6.07 Å². The Morgan fingerprint density at radius 2 is 1.79 bits per heavy atom. The van der Waals surface area contributed by atoms with Crippen LogP contribution in [0.25, 0.3) is 5.57 Å². The van der Waals surface area contributed by atoms with E-state index in [-0.39, 0.29) is 11.9 Å². The van der Waals surface area contributed by atoms with Crippen LogP contribution in [0.1, 0.15) is 77.4 Å². The van der Waals surface area contributed by atoms with Gasteiger partial charge in [0, 0.05) is 60.6 Å². The third-order valence-corrected chi connectivity index (χ3v) is 6.80. The van der Waals surface area contributed by atoms with Gasteiger partial charge in [0.05, 0.1) is 0 Å². The average molecular weight is 588 g/mol. The molecule has 8 heteroatoms. The van der Waals surface area contributed by atoms with E-state index in [1.807, 2.05) is 72.7 Å². The van der Waals surface area contributed by atoms with Crippen LogP contribution in [0.4, 0.5) is 9.18 Å². The summed E-state index contributed by atoms with van der Waals surface area (Å²) in [6.07, 6.45) is 5.25. The molecule has 0 spiro atoms. The van der Waals surface area contributed by atoms with E-state index < -0.39 is 5.60 Å². The van der Waals surface area contributed by atoms with Crippen LogP contribution in [-0.4, -0.2) is 58.4 Å². The number of allylic oxidation sites excluding steroid dienone is 4. The molecule has 0 unspecified atom stereocenters. The highest BCUT2D eigenvalue weighted by Gasteiger charge is 2.27. The highest BCUT2D eigenvalue weighted by atomic mass is 19.1. The van der Waals surface area contributed by atoms with E-state index in [0.29, 0.717) is 37.4 Å². The number of nitrogens with zero attached hydrogens (tertiary/aromatic N) is 5. The maximum atomic E-state index is 14.6. The number of hydrogen-bond acceptors (Lipinski definition) is 6. The van der Waals surface area contributed by atoms with Gasteiger partial charge in [0.1, 0.15) is 23.2 Å². The van der Waals surface area contributed by atoms with Gasteiger partial charge in [-0.1, -0.05) is 44.2 Å². The van der Waals surface area contributed by atoms with Crippen LogP contribution < -0.4 is 0 Å². The van der Waals surface area contributed by atoms with E-state index in [1.165, 1.54) is 17.8 Å². The summed E-state index contributed by atoms with van der Waals surface area (Å²) in [5.41, 5.74) is 6.09. The summed E-state index contributed by atoms with van der Waals surface area (Å²) in [4.78, 5) is 24.8. The summed E-state index contributed by atoms with van der Waals surface area (Å²) in [7, 11) is 0. The standard InChI is InChI=1S/C25H34FN3O2.C10H12N2/c1-8-20(21-12-10-11-13-22(21)26)23(18(3)27-9-2)19(4)28-14-16-29(17-15-28)24(30)31-25(5,6)7;1-3-4-9-5-8(2)12-10(6-9)7-11/h8-13H,2,14-17H2,1,3-7H3;5-6H,3-4H2,1-2H3/b20-8-,23-19-,27-18?;. The molecule has 1 amide bonds. The predicted octanol–water partition coefficient (Wildman–Crippen LogP) is 7.87. The number of aryl methyl sites for hydroxylation is 2. The number of halogens is 1. The van der Waals surface area contributed by atoms with Crippen LogP contribution in [-0.2, 0) is 11.2 Å². The molecule has 1 saturated heterocycles. The van der Waals surface area contributed by atoms with Crippen molar-refractivity contribution in [3.05, 3.63) is 94.9 Å². The van der Waals surface area contributed by atoms with E-state index in [9.17, 15) is 9.18 Å². The van der Waals surface area contributed by atoms with Crippen LogP contribution in [0.3, 0.4) is 0 Å². The summed E-state index contributed by atoms with van der Waals surface area (Å²) in [6.45, 7) is 21.6. The molecule has 1 aliphatic heterocycles. The number of ether oxygens (including phenoxy) is 1. The molecule has 1 aromatic carbocycles. The summed E-state index contributed by atoms with van der Waals surface area (Å²) >= 11 is 0. The number of amides is 1. The Bertz CT molecular complexity index is 1400. The first-order valence-electron chi connectivity index (χ1n) is 14.7. The number of carbonyl (C=O) groups is 1. The van der Waals surface area contributed by atoms with Crippen LogP contribution in [0.5, 0.6) is 0 Å². The molecule has 1 aliphatic rings. The van der Waals surface area contributed by atoms with Gasteiger partial charge in [0.2, 0.25) is 0 Å². The second-order valence-electron chi connectivity index (χ2n) is 11.4. The number of benzene rings is 1. The van der Waals surface area contributed by atoms with Crippen molar-refractivity contribution in [2.75, 3.05) is 26.2 Å². The number of aliphatic imine (C=N–C) groups is 1. The van der Waals surface area contributed by atoms with Crippen molar-refractivity contribution < 1.29 is 13.9 Å². The lowest BCUT2D eigenvalue weighted by atomic mass is 9.92. The minimum atomic E-state index is -0.518. The third kappa shape index (κ3) is 10.5. The van der Waals surface area contributed by atoms with Gasteiger partial charge in [-0.3, -0.25) is 4.99 Å². The van der Waals surface area contributed by atoms with E-state index in [4.69, 9.17) is 10.00 Å². The zero-order valence-corrected chi connectivity index (χ0v) is 27.0. The number of piperazine rings is 1. The van der Waals surface area contributed by atoms with Gasteiger partial charge < -0.3 is 14.5 Å². The molecule has 230 valence electrons. The lowest BCUT2D eigenvalue weighted by Gasteiger charge is -2.38. The Balaban J connectivity index is 0.000000448. The normalized spacial score (nSPS) is 14.7. The first kappa shape index (κ1) is 34.9. The Hall–Kier alpha value is -4.25. The number of aromatic nitrogens is 1. The summed E-state index contributed by atoms with van der Waals surface area (Å²) in [5, 5.41) is 8.64. The monoisotopic (exact) mass is 587 g/mol. The number of pyridine rings is 1. The lowest BCUT2D eigenvalue weighted by Crippen LogP contribution is -2.49. The first-order chi connectivity index (χ1) is 20.3. The van der Waals surface area contributed by atoms with Crippen molar-refractivity contribution >= 4 is 17.4 Å². The van der Waals surface area contributed by atoms with Crippen LogP contribution >= 0.6 is 0 Å². The summed E-state index contributed by atoms with van der Waals surface area (Å²) < 4.78 is 20.1. The van der Waals surface area contributed by atoms with Crippen LogP contribution in [0, 0.1) is 24.1 Å².